The number of guanidine groups is 2. The van der Waals surface area contributed by atoms with Crippen LogP contribution in [-0.4, -0.2) is 17.0 Å². The topological polar surface area (TPSA) is 123 Å². The first kappa shape index (κ1) is 11.7. The fraction of sp³-hybridized carbons (Fsp3) is 0. The number of nitrogens with two attached hydrogens (primary N) is 3. The number of aliphatic imine (C=N–C) groups is 2. The summed E-state index contributed by atoms with van der Waals surface area (Å²) in [6, 6.07) is 10.5. The molecule has 0 radical (unpaired) electrons. The van der Waals surface area contributed by atoms with Gasteiger partial charge in [0.2, 0.25) is 5.96 Å². The summed E-state index contributed by atoms with van der Waals surface area (Å²) in [5.41, 5.74) is 16.6. The summed E-state index contributed by atoms with van der Waals surface area (Å²) in [4.78, 5) is 7.74. The molecule has 2 aromatic rings. The van der Waals surface area contributed by atoms with Crippen LogP contribution in [0.25, 0.3) is 10.8 Å². The number of aromatic hydroxyl groups is 1. The summed E-state index contributed by atoms with van der Waals surface area (Å²) in [6.45, 7) is 0. The Morgan fingerprint density at radius 1 is 0.944 bits per heavy atom. The van der Waals surface area contributed by atoms with Gasteiger partial charge in [-0.3, -0.25) is 0 Å². The zero-order chi connectivity index (χ0) is 13.1. The maximum absolute atomic E-state index is 9.73. The number of phenolic OH excluding ortho intramolecular Hbond substituents is 1. The summed E-state index contributed by atoms with van der Waals surface area (Å²) in [5.74, 6) is -0.00450. The Kier molecular flexibility index (Phi) is 3.01. The summed E-state index contributed by atoms with van der Waals surface area (Å²) < 4.78 is 0. The van der Waals surface area contributed by atoms with Gasteiger partial charge >= 0.3 is 0 Å². The smallest absolute Gasteiger partial charge is 0.223 e. The molecule has 0 aliphatic rings. The Hall–Kier alpha value is -2.76. The zero-order valence-corrected chi connectivity index (χ0v) is 9.54. The van der Waals surface area contributed by atoms with E-state index in [4.69, 9.17) is 17.2 Å². The third kappa shape index (κ3) is 2.32. The van der Waals surface area contributed by atoms with Gasteiger partial charge in [0.1, 0.15) is 5.75 Å². The SMILES string of the molecule is NC(N)=NC(N)=Nc1ccc(O)c2ccccc12. The highest BCUT2D eigenvalue weighted by molar-refractivity contribution is 6.00. The van der Waals surface area contributed by atoms with Gasteiger partial charge in [-0.05, 0) is 12.1 Å². The average Bonchev–Trinajstić information content (AvgIpc) is 2.32. The molecule has 7 N–H and O–H groups in total. The first-order valence-electron chi connectivity index (χ1n) is 5.22. The minimum absolute atomic E-state index is 0.0363. The van der Waals surface area contributed by atoms with Gasteiger partial charge in [-0.25, -0.2) is 4.99 Å². The summed E-state index contributed by atoms with van der Waals surface area (Å²) in [6.07, 6.45) is 0. The molecular weight excluding hydrogens is 230 g/mol. The van der Waals surface area contributed by atoms with Crippen molar-refractivity contribution in [2.45, 2.75) is 0 Å². The second-order valence-corrected chi connectivity index (χ2v) is 3.66. The van der Waals surface area contributed by atoms with E-state index in [9.17, 15) is 5.11 Å². The van der Waals surface area contributed by atoms with Gasteiger partial charge in [0, 0.05) is 10.8 Å². The lowest BCUT2D eigenvalue weighted by Crippen LogP contribution is -2.26. The van der Waals surface area contributed by atoms with E-state index < -0.39 is 0 Å². The third-order valence-electron chi connectivity index (χ3n) is 2.36. The van der Waals surface area contributed by atoms with Crippen molar-refractivity contribution in [3.05, 3.63) is 36.4 Å². The van der Waals surface area contributed by atoms with Gasteiger partial charge in [0.05, 0.1) is 5.69 Å². The largest absolute Gasteiger partial charge is 0.507 e. The van der Waals surface area contributed by atoms with Crippen LogP contribution in [0.1, 0.15) is 0 Å². The van der Waals surface area contributed by atoms with Crippen LogP contribution in [0.3, 0.4) is 0 Å². The Morgan fingerprint density at radius 3 is 2.28 bits per heavy atom. The fourth-order valence-corrected chi connectivity index (χ4v) is 1.65. The summed E-state index contributed by atoms with van der Waals surface area (Å²) >= 11 is 0. The first-order valence-corrected chi connectivity index (χ1v) is 5.22. The molecule has 0 aromatic heterocycles. The first-order chi connectivity index (χ1) is 8.58. The second kappa shape index (κ2) is 4.62. The van der Waals surface area contributed by atoms with E-state index >= 15 is 0 Å². The van der Waals surface area contributed by atoms with Crippen LogP contribution < -0.4 is 17.2 Å². The molecule has 92 valence electrons. The predicted octanol–water partition coefficient (Wildman–Crippen LogP) is 0.765. The lowest BCUT2D eigenvalue weighted by Gasteiger charge is -2.04. The molecule has 2 aromatic carbocycles. The molecule has 0 atom stereocenters. The van der Waals surface area contributed by atoms with E-state index in [1.165, 1.54) is 0 Å². The summed E-state index contributed by atoms with van der Waals surface area (Å²) in [7, 11) is 0. The molecule has 6 nitrogen and oxygen atoms in total. The van der Waals surface area contributed by atoms with E-state index in [1.807, 2.05) is 18.2 Å². The van der Waals surface area contributed by atoms with Crippen LogP contribution in [0.15, 0.2) is 46.4 Å². The lowest BCUT2D eigenvalue weighted by atomic mass is 10.1. The molecule has 0 saturated heterocycles. The van der Waals surface area contributed by atoms with Crippen molar-refractivity contribution in [2.75, 3.05) is 0 Å². The maximum Gasteiger partial charge on any atom is 0.223 e. The molecule has 6 heteroatoms. The molecule has 0 aliphatic heterocycles. The van der Waals surface area contributed by atoms with Crippen molar-refractivity contribution < 1.29 is 5.11 Å². The Bertz CT molecular complexity index is 644. The number of nitrogens with zero attached hydrogens (tertiary/aromatic N) is 2. The highest BCUT2D eigenvalue weighted by Gasteiger charge is 2.04. The number of benzene rings is 2. The summed E-state index contributed by atoms with van der Waals surface area (Å²) in [5, 5.41) is 11.2. The highest BCUT2D eigenvalue weighted by atomic mass is 16.3. The van der Waals surface area contributed by atoms with Crippen LogP contribution in [0.4, 0.5) is 5.69 Å². The van der Waals surface area contributed by atoms with Crippen molar-refractivity contribution >= 4 is 28.4 Å². The van der Waals surface area contributed by atoms with Gasteiger partial charge in [-0.15, -0.1) is 0 Å². The van der Waals surface area contributed by atoms with Gasteiger partial charge in [0.15, 0.2) is 5.96 Å². The Balaban J connectivity index is 2.59. The van der Waals surface area contributed by atoms with Crippen molar-refractivity contribution in [3.8, 4) is 5.75 Å². The highest BCUT2D eigenvalue weighted by Crippen LogP contribution is 2.32. The molecule has 0 bridgehead atoms. The molecule has 0 spiro atoms. The quantitative estimate of drug-likeness (QED) is 0.436. The van der Waals surface area contributed by atoms with Gasteiger partial charge in [-0.1, -0.05) is 24.3 Å². The molecule has 0 fully saturated rings. The van der Waals surface area contributed by atoms with Crippen LogP contribution in [0.5, 0.6) is 5.75 Å². The molecule has 0 saturated carbocycles. The number of phenols is 1. The lowest BCUT2D eigenvalue weighted by molar-refractivity contribution is 0.481. The van der Waals surface area contributed by atoms with Crippen molar-refractivity contribution in [3.63, 3.8) is 0 Å². The van der Waals surface area contributed by atoms with Crippen LogP contribution >= 0.6 is 0 Å². The maximum atomic E-state index is 9.73. The molecular formula is C12H13N5O. The van der Waals surface area contributed by atoms with Crippen molar-refractivity contribution in [2.24, 2.45) is 27.2 Å². The number of rotatable bonds is 1. The number of hydrogen-bond donors (Lipinski definition) is 4. The van der Waals surface area contributed by atoms with E-state index in [2.05, 4.69) is 9.98 Å². The third-order valence-corrected chi connectivity index (χ3v) is 2.36. The minimum Gasteiger partial charge on any atom is -0.507 e. The van der Waals surface area contributed by atoms with Crippen LogP contribution in [-0.2, 0) is 0 Å². The fourth-order valence-electron chi connectivity index (χ4n) is 1.65. The molecule has 18 heavy (non-hydrogen) atoms. The molecule has 0 heterocycles. The molecule has 0 amide bonds. The normalized spacial score (nSPS) is 11.4. The van der Waals surface area contributed by atoms with Crippen molar-refractivity contribution in [1.29, 1.82) is 0 Å². The minimum atomic E-state index is -0.153. The zero-order valence-electron chi connectivity index (χ0n) is 9.54. The van der Waals surface area contributed by atoms with E-state index in [0.29, 0.717) is 11.1 Å². The van der Waals surface area contributed by atoms with Gasteiger partial charge in [0.25, 0.3) is 0 Å². The number of fused-ring (bicyclic) bond motifs is 1. The van der Waals surface area contributed by atoms with Crippen LogP contribution in [0, 0.1) is 0 Å². The standard InChI is InChI=1S/C12H13N5O/c13-11(14)17-12(15)16-9-5-6-10(18)8-4-2-1-3-7(8)9/h1-6,18H,(H6,13,14,15,16,17). The Morgan fingerprint density at radius 2 is 1.61 bits per heavy atom. The van der Waals surface area contributed by atoms with E-state index in [0.717, 1.165) is 5.39 Å². The molecule has 2 rings (SSSR count). The predicted molar refractivity (Wildman–Crippen MR) is 72.7 cm³/mol. The Labute approximate surface area is 103 Å². The average molecular weight is 243 g/mol. The molecule has 0 unspecified atom stereocenters. The molecule has 0 aliphatic carbocycles. The van der Waals surface area contributed by atoms with Gasteiger partial charge < -0.3 is 22.3 Å². The second-order valence-electron chi connectivity index (χ2n) is 3.66. The van der Waals surface area contributed by atoms with Crippen LogP contribution in [0.2, 0.25) is 0 Å². The number of hydrogen-bond acceptors (Lipinski definition) is 2. The van der Waals surface area contributed by atoms with E-state index in [-0.39, 0.29) is 17.7 Å². The van der Waals surface area contributed by atoms with E-state index in [1.54, 1.807) is 18.2 Å². The monoisotopic (exact) mass is 243 g/mol. The van der Waals surface area contributed by atoms with Crippen molar-refractivity contribution in [1.82, 2.24) is 0 Å². The van der Waals surface area contributed by atoms with Gasteiger partial charge in [-0.2, -0.15) is 4.99 Å².